The van der Waals surface area contributed by atoms with Gasteiger partial charge in [0.15, 0.2) is 0 Å². The van der Waals surface area contributed by atoms with Gasteiger partial charge in [0.1, 0.15) is 5.03 Å². The molecule has 1 heterocycles. The van der Waals surface area contributed by atoms with Gasteiger partial charge in [-0.1, -0.05) is 71.2 Å². The zero-order chi connectivity index (χ0) is 17.3. The van der Waals surface area contributed by atoms with Crippen LogP contribution in [-0.4, -0.2) is 23.3 Å². The standard InChI is InChI=1S/C18H12Cl3NO2/c19-12-6-7-13(14(20)10-12)15-16(21)18(24)22(17(15)23)9-8-11-4-2-1-3-5-11/h1-7,10H,8-9H2. The number of halogens is 3. The highest BCUT2D eigenvalue weighted by Gasteiger charge is 2.38. The summed E-state index contributed by atoms with van der Waals surface area (Å²) in [7, 11) is 0. The van der Waals surface area contributed by atoms with Gasteiger partial charge in [-0.05, 0) is 24.1 Å². The summed E-state index contributed by atoms with van der Waals surface area (Å²) < 4.78 is 0. The van der Waals surface area contributed by atoms with Gasteiger partial charge in [0.25, 0.3) is 11.8 Å². The monoisotopic (exact) mass is 379 g/mol. The minimum absolute atomic E-state index is 0.114. The number of benzene rings is 2. The van der Waals surface area contributed by atoms with Crippen molar-refractivity contribution in [1.82, 2.24) is 4.90 Å². The first kappa shape index (κ1) is 17.0. The maximum Gasteiger partial charge on any atom is 0.273 e. The van der Waals surface area contributed by atoms with Crippen LogP contribution in [0.15, 0.2) is 53.6 Å². The number of hydrogen-bond donors (Lipinski definition) is 0. The van der Waals surface area contributed by atoms with Crippen LogP contribution in [0.1, 0.15) is 11.1 Å². The molecule has 1 aliphatic rings. The van der Waals surface area contributed by atoms with Crippen molar-refractivity contribution < 1.29 is 9.59 Å². The Balaban J connectivity index is 1.85. The van der Waals surface area contributed by atoms with Gasteiger partial charge < -0.3 is 0 Å². The Morgan fingerprint density at radius 2 is 1.58 bits per heavy atom. The predicted octanol–water partition coefficient (Wildman–Crippen LogP) is 4.55. The van der Waals surface area contributed by atoms with E-state index in [1.165, 1.54) is 6.07 Å². The lowest BCUT2D eigenvalue weighted by Crippen LogP contribution is -2.33. The fourth-order valence-corrected chi connectivity index (χ4v) is 3.35. The van der Waals surface area contributed by atoms with Crippen molar-refractivity contribution in [1.29, 1.82) is 0 Å². The Morgan fingerprint density at radius 3 is 2.25 bits per heavy atom. The number of amides is 2. The van der Waals surface area contributed by atoms with Crippen molar-refractivity contribution in [3.05, 3.63) is 74.7 Å². The largest absolute Gasteiger partial charge is 0.273 e. The van der Waals surface area contributed by atoms with Gasteiger partial charge in [0.05, 0.1) is 10.6 Å². The number of rotatable bonds is 4. The lowest BCUT2D eigenvalue weighted by molar-refractivity contribution is -0.136. The van der Waals surface area contributed by atoms with E-state index in [4.69, 9.17) is 34.8 Å². The van der Waals surface area contributed by atoms with Gasteiger partial charge in [0, 0.05) is 17.1 Å². The van der Waals surface area contributed by atoms with E-state index >= 15 is 0 Å². The summed E-state index contributed by atoms with van der Waals surface area (Å²) >= 11 is 18.1. The first-order valence-electron chi connectivity index (χ1n) is 7.24. The molecule has 0 aliphatic carbocycles. The second kappa shape index (κ2) is 6.98. The average molecular weight is 381 g/mol. The summed E-state index contributed by atoms with van der Waals surface area (Å²) in [6.07, 6.45) is 0.560. The third-order valence-corrected chi connectivity index (χ3v) is 4.68. The minimum atomic E-state index is -0.501. The zero-order valence-corrected chi connectivity index (χ0v) is 14.7. The number of carbonyl (C=O) groups is 2. The Bertz CT molecular complexity index is 847. The number of hydrogen-bond acceptors (Lipinski definition) is 2. The van der Waals surface area contributed by atoms with E-state index in [0.717, 1.165) is 10.5 Å². The number of carbonyl (C=O) groups excluding carboxylic acids is 2. The van der Waals surface area contributed by atoms with Crippen molar-refractivity contribution in [3.8, 4) is 0 Å². The van der Waals surface area contributed by atoms with Crippen molar-refractivity contribution in [2.75, 3.05) is 6.54 Å². The fourth-order valence-electron chi connectivity index (χ4n) is 2.56. The number of nitrogens with zero attached hydrogens (tertiary/aromatic N) is 1. The molecule has 3 rings (SSSR count). The highest BCUT2D eigenvalue weighted by atomic mass is 35.5. The van der Waals surface area contributed by atoms with Gasteiger partial charge in [-0.15, -0.1) is 0 Å². The summed E-state index contributed by atoms with van der Waals surface area (Å²) in [5.74, 6) is -0.941. The lowest BCUT2D eigenvalue weighted by Gasteiger charge is -2.15. The minimum Gasteiger partial charge on any atom is -0.273 e. The van der Waals surface area contributed by atoms with E-state index in [-0.39, 0.29) is 22.2 Å². The van der Waals surface area contributed by atoms with Crippen LogP contribution in [0.25, 0.3) is 5.57 Å². The summed E-state index contributed by atoms with van der Waals surface area (Å²) in [4.78, 5) is 26.1. The lowest BCUT2D eigenvalue weighted by atomic mass is 10.1. The summed E-state index contributed by atoms with van der Waals surface area (Å²) in [5.41, 5.74) is 1.57. The molecule has 122 valence electrons. The number of imide groups is 1. The SMILES string of the molecule is O=C1C(Cl)=C(c2ccc(Cl)cc2Cl)C(=O)N1CCc1ccccc1. The van der Waals surface area contributed by atoms with Crippen LogP contribution in [-0.2, 0) is 16.0 Å². The van der Waals surface area contributed by atoms with Crippen LogP contribution in [0, 0.1) is 0 Å². The van der Waals surface area contributed by atoms with Crippen LogP contribution in [0.3, 0.4) is 0 Å². The molecule has 6 heteroatoms. The maximum absolute atomic E-state index is 12.7. The van der Waals surface area contributed by atoms with E-state index in [1.54, 1.807) is 12.1 Å². The molecule has 0 unspecified atom stereocenters. The molecular weight excluding hydrogens is 369 g/mol. The molecular formula is C18H12Cl3NO2. The molecule has 0 saturated heterocycles. The average Bonchev–Trinajstić information content (AvgIpc) is 2.77. The fraction of sp³-hybridized carbons (Fsp3) is 0.111. The second-order valence-corrected chi connectivity index (χ2v) is 6.53. The molecule has 0 bridgehead atoms. The molecule has 3 nitrogen and oxygen atoms in total. The van der Waals surface area contributed by atoms with Crippen LogP contribution in [0.5, 0.6) is 0 Å². The third kappa shape index (κ3) is 3.20. The molecule has 0 atom stereocenters. The van der Waals surface area contributed by atoms with E-state index in [2.05, 4.69) is 0 Å². The van der Waals surface area contributed by atoms with Crippen molar-refractivity contribution in [2.24, 2.45) is 0 Å². The first-order chi connectivity index (χ1) is 11.5. The Kier molecular flexibility index (Phi) is 4.95. The molecule has 0 saturated carbocycles. The van der Waals surface area contributed by atoms with Crippen LogP contribution < -0.4 is 0 Å². The first-order valence-corrected chi connectivity index (χ1v) is 8.37. The molecule has 0 aromatic heterocycles. The van der Waals surface area contributed by atoms with Crippen LogP contribution in [0.4, 0.5) is 0 Å². The van der Waals surface area contributed by atoms with Gasteiger partial charge in [-0.2, -0.15) is 0 Å². The van der Waals surface area contributed by atoms with Crippen molar-refractivity contribution >= 4 is 52.2 Å². The van der Waals surface area contributed by atoms with E-state index in [0.29, 0.717) is 17.0 Å². The highest BCUT2D eigenvalue weighted by molar-refractivity contribution is 6.55. The predicted molar refractivity (Wildman–Crippen MR) is 96.1 cm³/mol. The highest BCUT2D eigenvalue weighted by Crippen LogP contribution is 2.36. The normalized spacial score (nSPS) is 14.7. The molecule has 0 N–H and O–H groups in total. The molecule has 1 aliphatic heterocycles. The molecule has 2 aromatic rings. The van der Waals surface area contributed by atoms with Crippen molar-refractivity contribution in [3.63, 3.8) is 0 Å². The van der Waals surface area contributed by atoms with E-state index in [9.17, 15) is 9.59 Å². The van der Waals surface area contributed by atoms with Gasteiger partial charge in [-0.25, -0.2) is 0 Å². The quantitative estimate of drug-likeness (QED) is 0.730. The Morgan fingerprint density at radius 1 is 0.875 bits per heavy atom. The van der Waals surface area contributed by atoms with Crippen LogP contribution >= 0.6 is 34.8 Å². The van der Waals surface area contributed by atoms with E-state index < -0.39 is 11.8 Å². The van der Waals surface area contributed by atoms with Crippen LogP contribution in [0.2, 0.25) is 10.0 Å². The second-order valence-electron chi connectivity index (χ2n) is 5.31. The topological polar surface area (TPSA) is 37.4 Å². The molecule has 0 radical (unpaired) electrons. The van der Waals surface area contributed by atoms with Gasteiger partial charge in [0.2, 0.25) is 0 Å². The molecule has 24 heavy (non-hydrogen) atoms. The summed E-state index contributed by atoms with van der Waals surface area (Å²) in [6.45, 7) is 0.257. The van der Waals surface area contributed by atoms with E-state index in [1.807, 2.05) is 30.3 Å². The molecule has 2 aromatic carbocycles. The maximum atomic E-state index is 12.7. The Hall–Kier alpha value is -1.81. The smallest absolute Gasteiger partial charge is 0.273 e. The molecule has 0 spiro atoms. The third-order valence-electron chi connectivity index (χ3n) is 3.78. The summed E-state index contributed by atoms with van der Waals surface area (Å²) in [6, 6.07) is 14.3. The summed E-state index contributed by atoms with van der Waals surface area (Å²) in [5, 5.41) is 0.608. The van der Waals surface area contributed by atoms with Crippen molar-refractivity contribution in [2.45, 2.75) is 6.42 Å². The Labute approximate surface area is 154 Å². The van der Waals surface area contributed by atoms with Gasteiger partial charge >= 0.3 is 0 Å². The zero-order valence-electron chi connectivity index (χ0n) is 12.4. The molecule has 2 amide bonds. The van der Waals surface area contributed by atoms with Gasteiger partial charge in [-0.3, -0.25) is 14.5 Å². The molecule has 0 fully saturated rings.